The number of halogens is 3. The number of nitrogens with one attached hydrogen (secondary N) is 1. The molecule has 3 rings (SSSR count). The van der Waals surface area contributed by atoms with Crippen LogP contribution >= 0.6 is 11.8 Å². The molecule has 1 heterocycles. The van der Waals surface area contributed by atoms with Gasteiger partial charge in [0.2, 0.25) is 11.8 Å². The summed E-state index contributed by atoms with van der Waals surface area (Å²) in [6.45, 7) is 3.50. The maximum Gasteiger partial charge on any atom is 0.416 e. The van der Waals surface area contributed by atoms with Crippen LogP contribution in [0.1, 0.15) is 29.0 Å². The van der Waals surface area contributed by atoms with Crippen LogP contribution in [0.25, 0.3) is 0 Å². The first kappa shape index (κ1) is 20.3. The highest BCUT2D eigenvalue weighted by atomic mass is 32.2. The molecule has 0 radical (unpaired) electrons. The van der Waals surface area contributed by atoms with Crippen LogP contribution in [0.4, 0.5) is 18.9 Å². The Morgan fingerprint density at radius 1 is 1.21 bits per heavy atom. The normalized spacial score (nSPS) is 18.2. The molecule has 2 aromatic carbocycles. The zero-order valence-electron chi connectivity index (χ0n) is 15.3. The number of rotatable bonds is 4. The first-order valence-electron chi connectivity index (χ1n) is 8.64. The van der Waals surface area contributed by atoms with Gasteiger partial charge in [0, 0.05) is 5.69 Å². The lowest BCUT2D eigenvalue weighted by atomic mass is 10.1. The first-order valence-corrected chi connectivity index (χ1v) is 9.69. The predicted molar refractivity (Wildman–Crippen MR) is 103 cm³/mol. The molecule has 0 aliphatic carbocycles. The SMILES string of the molecule is Cc1ccc(NC(=O)[C@@H](C)N2C(=O)CS[C@H]2c2cccc(C(F)(F)F)c2)cc1. The van der Waals surface area contributed by atoms with E-state index in [9.17, 15) is 22.8 Å². The molecule has 1 aliphatic rings. The first-order chi connectivity index (χ1) is 13.2. The minimum atomic E-state index is -4.47. The Labute approximate surface area is 165 Å². The van der Waals surface area contributed by atoms with Crippen molar-refractivity contribution in [3.8, 4) is 0 Å². The summed E-state index contributed by atoms with van der Waals surface area (Å²) in [4.78, 5) is 26.4. The Hall–Kier alpha value is -2.48. The molecule has 1 N–H and O–H groups in total. The fourth-order valence-electron chi connectivity index (χ4n) is 2.99. The van der Waals surface area contributed by atoms with Crippen molar-refractivity contribution < 1.29 is 22.8 Å². The lowest BCUT2D eigenvalue weighted by Crippen LogP contribution is -2.44. The van der Waals surface area contributed by atoms with E-state index in [1.807, 2.05) is 19.1 Å². The summed E-state index contributed by atoms with van der Waals surface area (Å²) >= 11 is 1.21. The standard InChI is InChI=1S/C20H19F3N2O2S/c1-12-6-8-16(9-7-12)24-18(27)13(2)25-17(26)11-28-19(25)14-4-3-5-15(10-14)20(21,22)23/h3-10,13,19H,11H2,1-2H3,(H,24,27)/t13-,19+/m1/s1. The maximum absolute atomic E-state index is 13.0. The molecule has 2 aromatic rings. The number of anilines is 1. The molecular formula is C20H19F3N2O2S. The van der Waals surface area contributed by atoms with E-state index in [1.54, 1.807) is 25.1 Å². The van der Waals surface area contributed by atoms with Crippen molar-refractivity contribution in [2.45, 2.75) is 31.4 Å². The van der Waals surface area contributed by atoms with Crippen molar-refractivity contribution in [2.24, 2.45) is 0 Å². The Morgan fingerprint density at radius 2 is 1.89 bits per heavy atom. The quantitative estimate of drug-likeness (QED) is 0.804. The van der Waals surface area contributed by atoms with Crippen LogP contribution in [0.15, 0.2) is 48.5 Å². The Morgan fingerprint density at radius 3 is 2.54 bits per heavy atom. The van der Waals surface area contributed by atoms with Gasteiger partial charge in [0.15, 0.2) is 0 Å². The van der Waals surface area contributed by atoms with E-state index < -0.39 is 29.1 Å². The van der Waals surface area contributed by atoms with E-state index in [4.69, 9.17) is 0 Å². The van der Waals surface area contributed by atoms with Gasteiger partial charge in [-0.05, 0) is 43.7 Å². The van der Waals surface area contributed by atoms with Gasteiger partial charge in [-0.2, -0.15) is 13.2 Å². The fourth-order valence-corrected chi connectivity index (χ4v) is 4.24. The predicted octanol–water partition coefficient (Wildman–Crippen LogP) is 4.62. The highest BCUT2D eigenvalue weighted by Crippen LogP contribution is 2.41. The van der Waals surface area contributed by atoms with E-state index in [1.165, 1.54) is 22.7 Å². The third-order valence-electron chi connectivity index (χ3n) is 4.52. The van der Waals surface area contributed by atoms with E-state index in [-0.39, 0.29) is 11.7 Å². The number of alkyl halides is 3. The molecule has 28 heavy (non-hydrogen) atoms. The lowest BCUT2D eigenvalue weighted by Gasteiger charge is -2.30. The molecule has 4 nitrogen and oxygen atoms in total. The Bertz CT molecular complexity index is 884. The highest BCUT2D eigenvalue weighted by molar-refractivity contribution is 8.00. The maximum atomic E-state index is 13.0. The molecule has 1 aliphatic heterocycles. The zero-order chi connectivity index (χ0) is 20.5. The molecule has 0 unspecified atom stereocenters. The summed E-state index contributed by atoms with van der Waals surface area (Å²) in [5, 5.41) is 2.11. The molecule has 8 heteroatoms. The minimum Gasteiger partial charge on any atom is -0.324 e. The number of carbonyl (C=O) groups is 2. The molecule has 148 valence electrons. The van der Waals surface area contributed by atoms with Gasteiger partial charge in [0.25, 0.3) is 0 Å². The van der Waals surface area contributed by atoms with Crippen LogP contribution in [0.5, 0.6) is 0 Å². The third kappa shape index (κ3) is 4.32. The summed E-state index contributed by atoms with van der Waals surface area (Å²) in [6, 6.07) is 11.3. The molecule has 1 fully saturated rings. The van der Waals surface area contributed by atoms with Crippen molar-refractivity contribution >= 4 is 29.3 Å². The zero-order valence-corrected chi connectivity index (χ0v) is 16.1. The lowest BCUT2D eigenvalue weighted by molar-refractivity contribution is -0.137. The molecule has 0 saturated carbocycles. The van der Waals surface area contributed by atoms with Crippen molar-refractivity contribution in [1.29, 1.82) is 0 Å². The van der Waals surface area contributed by atoms with Gasteiger partial charge < -0.3 is 10.2 Å². The van der Waals surface area contributed by atoms with E-state index in [2.05, 4.69) is 5.32 Å². The second-order valence-electron chi connectivity index (χ2n) is 6.62. The molecule has 0 spiro atoms. The summed E-state index contributed by atoms with van der Waals surface area (Å²) in [6.07, 6.45) is -4.47. The van der Waals surface area contributed by atoms with Gasteiger partial charge in [0.1, 0.15) is 11.4 Å². The molecule has 0 aromatic heterocycles. The van der Waals surface area contributed by atoms with Crippen molar-refractivity contribution in [2.75, 3.05) is 11.1 Å². The number of hydrogen-bond acceptors (Lipinski definition) is 3. The van der Waals surface area contributed by atoms with Crippen LogP contribution < -0.4 is 5.32 Å². The smallest absolute Gasteiger partial charge is 0.324 e. The van der Waals surface area contributed by atoms with E-state index in [0.29, 0.717) is 11.3 Å². The summed E-state index contributed by atoms with van der Waals surface area (Å²) < 4.78 is 39.1. The van der Waals surface area contributed by atoms with Crippen LogP contribution in [0.3, 0.4) is 0 Å². The topological polar surface area (TPSA) is 49.4 Å². The van der Waals surface area contributed by atoms with E-state index >= 15 is 0 Å². The van der Waals surface area contributed by atoms with Gasteiger partial charge in [0.05, 0.1) is 11.3 Å². The molecular weight excluding hydrogens is 389 g/mol. The third-order valence-corrected chi connectivity index (χ3v) is 5.75. The number of aryl methyl sites for hydroxylation is 1. The molecule has 1 saturated heterocycles. The number of amides is 2. The van der Waals surface area contributed by atoms with Crippen LogP contribution in [0.2, 0.25) is 0 Å². The second-order valence-corrected chi connectivity index (χ2v) is 7.69. The Kier molecular flexibility index (Phi) is 5.69. The average molecular weight is 408 g/mol. The molecule has 0 bridgehead atoms. The average Bonchev–Trinajstić information content (AvgIpc) is 3.04. The Balaban J connectivity index is 1.81. The summed E-state index contributed by atoms with van der Waals surface area (Å²) in [5.41, 5.74) is 1.21. The van der Waals surface area contributed by atoms with Gasteiger partial charge in [-0.25, -0.2) is 0 Å². The van der Waals surface area contributed by atoms with E-state index in [0.717, 1.165) is 17.7 Å². The highest BCUT2D eigenvalue weighted by Gasteiger charge is 2.40. The number of carbonyl (C=O) groups excluding carboxylic acids is 2. The molecule has 2 amide bonds. The molecule has 2 atom stereocenters. The largest absolute Gasteiger partial charge is 0.416 e. The fraction of sp³-hybridized carbons (Fsp3) is 0.300. The van der Waals surface area contributed by atoms with Crippen molar-refractivity contribution in [3.63, 3.8) is 0 Å². The number of benzene rings is 2. The van der Waals surface area contributed by atoms with Gasteiger partial charge in [-0.3, -0.25) is 9.59 Å². The van der Waals surface area contributed by atoms with Gasteiger partial charge >= 0.3 is 6.18 Å². The second kappa shape index (κ2) is 7.87. The van der Waals surface area contributed by atoms with Crippen molar-refractivity contribution in [3.05, 3.63) is 65.2 Å². The van der Waals surface area contributed by atoms with Gasteiger partial charge in [-0.1, -0.05) is 29.8 Å². The number of thioether (sulfide) groups is 1. The summed E-state index contributed by atoms with van der Waals surface area (Å²) in [5.74, 6) is -0.557. The monoisotopic (exact) mass is 408 g/mol. The van der Waals surface area contributed by atoms with Crippen LogP contribution in [0, 0.1) is 6.92 Å². The number of nitrogens with zero attached hydrogens (tertiary/aromatic N) is 1. The number of hydrogen-bond donors (Lipinski definition) is 1. The van der Waals surface area contributed by atoms with Crippen LogP contribution in [-0.4, -0.2) is 28.5 Å². The summed E-state index contributed by atoms with van der Waals surface area (Å²) in [7, 11) is 0. The van der Waals surface area contributed by atoms with Gasteiger partial charge in [-0.15, -0.1) is 11.8 Å². The van der Waals surface area contributed by atoms with Crippen molar-refractivity contribution in [1.82, 2.24) is 4.90 Å². The van der Waals surface area contributed by atoms with Crippen LogP contribution in [-0.2, 0) is 15.8 Å². The minimum absolute atomic E-state index is 0.114.